The van der Waals surface area contributed by atoms with Crippen LogP contribution >= 0.6 is 11.8 Å². The standard InChI is InChI=1S/C13H22OS/c14-13(12-9-6-10-15-12)11-7-4-2-1-3-5-8-11/h11-12H,1-10H2. The molecule has 0 aromatic heterocycles. The first kappa shape index (κ1) is 11.5. The molecule has 2 heteroatoms. The third kappa shape index (κ3) is 3.24. The Morgan fingerprint density at radius 2 is 1.53 bits per heavy atom. The van der Waals surface area contributed by atoms with Crippen LogP contribution in [0.25, 0.3) is 0 Å². The number of carbonyl (C=O) groups excluding carboxylic acids is 1. The average Bonchev–Trinajstić information content (AvgIpc) is 2.68. The van der Waals surface area contributed by atoms with Gasteiger partial charge in [-0.25, -0.2) is 0 Å². The van der Waals surface area contributed by atoms with Gasteiger partial charge in [-0.05, 0) is 31.4 Å². The molecule has 2 fully saturated rings. The Labute approximate surface area is 97.4 Å². The van der Waals surface area contributed by atoms with E-state index < -0.39 is 0 Å². The number of carbonyl (C=O) groups is 1. The minimum Gasteiger partial charge on any atom is -0.298 e. The molecular weight excluding hydrogens is 204 g/mol. The average molecular weight is 226 g/mol. The summed E-state index contributed by atoms with van der Waals surface area (Å²) < 4.78 is 0. The summed E-state index contributed by atoms with van der Waals surface area (Å²) in [4.78, 5) is 12.2. The van der Waals surface area contributed by atoms with Gasteiger partial charge in [0.25, 0.3) is 0 Å². The van der Waals surface area contributed by atoms with E-state index in [0.29, 0.717) is 17.0 Å². The van der Waals surface area contributed by atoms with E-state index in [4.69, 9.17) is 0 Å². The molecule has 0 bridgehead atoms. The molecule has 1 atom stereocenters. The summed E-state index contributed by atoms with van der Waals surface area (Å²) in [7, 11) is 0. The Balaban J connectivity index is 1.85. The van der Waals surface area contributed by atoms with E-state index in [9.17, 15) is 4.79 Å². The van der Waals surface area contributed by atoms with Gasteiger partial charge in [-0.1, -0.05) is 32.1 Å². The van der Waals surface area contributed by atoms with Crippen LogP contribution in [0.1, 0.15) is 57.8 Å². The highest BCUT2D eigenvalue weighted by atomic mass is 32.2. The van der Waals surface area contributed by atoms with Gasteiger partial charge < -0.3 is 0 Å². The van der Waals surface area contributed by atoms with Crippen LogP contribution in [0.15, 0.2) is 0 Å². The van der Waals surface area contributed by atoms with Crippen LogP contribution in [-0.2, 0) is 4.79 Å². The van der Waals surface area contributed by atoms with Crippen molar-refractivity contribution < 1.29 is 4.79 Å². The Bertz CT molecular complexity index is 201. The molecule has 86 valence electrons. The van der Waals surface area contributed by atoms with Crippen LogP contribution in [0.3, 0.4) is 0 Å². The molecule has 0 spiro atoms. The van der Waals surface area contributed by atoms with Gasteiger partial charge in [0.15, 0.2) is 0 Å². The van der Waals surface area contributed by atoms with Crippen LogP contribution in [-0.4, -0.2) is 16.8 Å². The van der Waals surface area contributed by atoms with E-state index >= 15 is 0 Å². The summed E-state index contributed by atoms with van der Waals surface area (Å²) in [6.07, 6.45) is 11.4. The molecule has 1 unspecified atom stereocenters. The summed E-state index contributed by atoms with van der Waals surface area (Å²) in [5.74, 6) is 2.23. The lowest BCUT2D eigenvalue weighted by molar-refractivity contribution is -0.122. The smallest absolute Gasteiger partial charge is 0.148 e. The summed E-state index contributed by atoms with van der Waals surface area (Å²) >= 11 is 1.91. The highest BCUT2D eigenvalue weighted by molar-refractivity contribution is 8.00. The van der Waals surface area contributed by atoms with Gasteiger partial charge in [-0.2, -0.15) is 11.8 Å². The van der Waals surface area contributed by atoms with Crippen molar-refractivity contribution in [1.82, 2.24) is 0 Å². The van der Waals surface area contributed by atoms with E-state index in [0.717, 1.165) is 6.42 Å². The van der Waals surface area contributed by atoms with E-state index in [2.05, 4.69) is 0 Å². The first-order valence-electron chi connectivity index (χ1n) is 6.53. The first-order chi connectivity index (χ1) is 7.38. The van der Waals surface area contributed by atoms with Gasteiger partial charge >= 0.3 is 0 Å². The number of Topliss-reactive ketones (excluding diaryl/α,β-unsaturated/α-hetero) is 1. The highest BCUT2D eigenvalue weighted by Crippen LogP contribution is 2.32. The minimum absolute atomic E-state index is 0.370. The molecule has 15 heavy (non-hydrogen) atoms. The van der Waals surface area contributed by atoms with Crippen molar-refractivity contribution in [3.05, 3.63) is 0 Å². The monoisotopic (exact) mass is 226 g/mol. The molecule has 1 saturated heterocycles. The number of hydrogen-bond donors (Lipinski definition) is 0. The first-order valence-corrected chi connectivity index (χ1v) is 7.58. The summed E-state index contributed by atoms with van der Waals surface area (Å²) in [5.41, 5.74) is 0. The lowest BCUT2D eigenvalue weighted by Gasteiger charge is -2.21. The fraction of sp³-hybridized carbons (Fsp3) is 0.923. The van der Waals surface area contributed by atoms with Gasteiger partial charge in [0.05, 0.1) is 5.25 Å². The van der Waals surface area contributed by atoms with E-state index in [-0.39, 0.29) is 0 Å². The quantitative estimate of drug-likeness (QED) is 0.712. The number of rotatable bonds is 2. The third-order valence-electron chi connectivity index (χ3n) is 3.75. The van der Waals surface area contributed by atoms with Crippen LogP contribution in [0.4, 0.5) is 0 Å². The van der Waals surface area contributed by atoms with Crippen molar-refractivity contribution in [3.63, 3.8) is 0 Å². The van der Waals surface area contributed by atoms with Crippen molar-refractivity contribution >= 4 is 17.5 Å². The van der Waals surface area contributed by atoms with Gasteiger partial charge in [0.1, 0.15) is 5.78 Å². The third-order valence-corrected chi connectivity index (χ3v) is 5.15. The maximum absolute atomic E-state index is 12.2. The number of hydrogen-bond acceptors (Lipinski definition) is 2. The van der Waals surface area contributed by atoms with Crippen molar-refractivity contribution in [2.75, 3.05) is 5.75 Å². The highest BCUT2D eigenvalue weighted by Gasteiger charge is 2.29. The molecule has 2 aliphatic rings. The Morgan fingerprint density at radius 3 is 2.13 bits per heavy atom. The van der Waals surface area contributed by atoms with E-state index in [1.54, 1.807) is 0 Å². The van der Waals surface area contributed by atoms with Crippen molar-refractivity contribution in [3.8, 4) is 0 Å². The van der Waals surface area contributed by atoms with Crippen LogP contribution < -0.4 is 0 Å². The normalized spacial score (nSPS) is 29.7. The Morgan fingerprint density at radius 1 is 0.867 bits per heavy atom. The molecule has 1 heterocycles. The second-order valence-corrected chi connectivity index (χ2v) is 6.26. The van der Waals surface area contributed by atoms with Crippen molar-refractivity contribution in [2.45, 2.75) is 63.0 Å². The molecule has 1 nitrogen and oxygen atoms in total. The molecule has 1 aliphatic heterocycles. The fourth-order valence-corrected chi connectivity index (χ4v) is 4.11. The van der Waals surface area contributed by atoms with Gasteiger partial charge in [-0.3, -0.25) is 4.79 Å². The predicted molar refractivity (Wildman–Crippen MR) is 66.3 cm³/mol. The van der Waals surface area contributed by atoms with Gasteiger partial charge in [-0.15, -0.1) is 0 Å². The zero-order valence-electron chi connectivity index (χ0n) is 9.54. The zero-order valence-corrected chi connectivity index (χ0v) is 10.4. The van der Waals surface area contributed by atoms with Gasteiger partial charge in [0.2, 0.25) is 0 Å². The topological polar surface area (TPSA) is 17.1 Å². The van der Waals surface area contributed by atoms with Crippen molar-refractivity contribution in [2.24, 2.45) is 5.92 Å². The van der Waals surface area contributed by atoms with Crippen LogP contribution in [0, 0.1) is 5.92 Å². The Hall–Kier alpha value is 0.0200. The maximum Gasteiger partial charge on any atom is 0.148 e. The second-order valence-electron chi connectivity index (χ2n) is 4.95. The summed E-state index contributed by atoms with van der Waals surface area (Å²) in [6.45, 7) is 0. The summed E-state index contributed by atoms with van der Waals surface area (Å²) in [5, 5.41) is 0.370. The lowest BCUT2D eigenvalue weighted by Crippen LogP contribution is -2.24. The predicted octanol–water partition coefficient (Wildman–Crippen LogP) is 3.81. The van der Waals surface area contributed by atoms with Crippen molar-refractivity contribution in [1.29, 1.82) is 0 Å². The molecule has 0 aromatic rings. The molecule has 0 radical (unpaired) electrons. The SMILES string of the molecule is O=C(C1CCCCCCC1)C1CCCS1. The zero-order chi connectivity index (χ0) is 10.5. The van der Waals surface area contributed by atoms with E-state index in [1.807, 2.05) is 11.8 Å². The minimum atomic E-state index is 0.370. The number of ketones is 1. The fourth-order valence-electron chi connectivity index (χ4n) is 2.81. The second kappa shape index (κ2) is 5.93. The molecule has 1 saturated carbocycles. The molecule has 2 rings (SSSR count). The Kier molecular flexibility index (Phi) is 4.55. The largest absolute Gasteiger partial charge is 0.298 e. The van der Waals surface area contributed by atoms with Crippen LogP contribution in [0.2, 0.25) is 0 Å². The number of thioether (sulfide) groups is 1. The molecule has 0 aromatic carbocycles. The molecular formula is C13H22OS. The van der Waals surface area contributed by atoms with Gasteiger partial charge in [0, 0.05) is 5.92 Å². The lowest BCUT2D eigenvalue weighted by atomic mass is 9.86. The van der Waals surface area contributed by atoms with Crippen LogP contribution in [0.5, 0.6) is 0 Å². The molecule has 0 amide bonds. The molecule has 1 aliphatic carbocycles. The summed E-state index contributed by atoms with van der Waals surface area (Å²) in [6, 6.07) is 0. The maximum atomic E-state index is 12.2. The molecule has 0 N–H and O–H groups in total. The van der Waals surface area contributed by atoms with E-state index in [1.165, 1.54) is 57.1 Å².